The monoisotopic (exact) mass is 322 g/mol. The molecule has 0 bridgehead atoms. The number of likely N-dealkylation sites (tertiary alicyclic amines) is 1. The number of benzene rings is 1. The lowest BCUT2D eigenvalue weighted by atomic mass is 10.2. The first-order valence-electron chi connectivity index (χ1n) is 6.77. The van der Waals surface area contributed by atoms with Crippen LogP contribution in [0.15, 0.2) is 18.2 Å². The number of halogens is 3. The summed E-state index contributed by atoms with van der Waals surface area (Å²) >= 11 is 0. The van der Waals surface area contributed by atoms with E-state index in [1.54, 1.807) is 19.1 Å². The van der Waals surface area contributed by atoms with Crippen LogP contribution >= 0.6 is 12.4 Å². The van der Waals surface area contributed by atoms with Gasteiger partial charge in [-0.3, -0.25) is 4.90 Å². The molecule has 0 saturated carbocycles. The standard InChI is InChI=1S/C14H20F2N2O2.ClH/c1-2-19-13-7-10(3-4-12(13)20-14(15)16)8-18-6-5-11(17)9-18;/h3-4,7,11,14H,2,5-6,8-9,17H2,1H3;1H. The van der Waals surface area contributed by atoms with E-state index in [4.69, 9.17) is 10.5 Å². The van der Waals surface area contributed by atoms with E-state index in [0.29, 0.717) is 12.4 Å². The van der Waals surface area contributed by atoms with Gasteiger partial charge in [-0.25, -0.2) is 0 Å². The maximum Gasteiger partial charge on any atom is 0.387 e. The van der Waals surface area contributed by atoms with Gasteiger partial charge < -0.3 is 15.2 Å². The average Bonchev–Trinajstić information content (AvgIpc) is 2.78. The molecular weight excluding hydrogens is 302 g/mol. The van der Waals surface area contributed by atoms with Crippen molar-refractivity contribution in [3.05, 3.63) is 23.8 Å². The third-order valence-corrected chi connectivity index (χ3v) is 3.24. The van der Waals surface area contributed by atoms with E-state index in [1.807, 2.05) is 0 Å². The van der Waals surface area contributed by atoms with Crippen LogP contribution in [0.1, 0.15) is 18.9 Å². The topological polar surface area (TPSA) is 47.7 Å². The van der Waals surface area contributed by atoms with Gasteiger partial charge in [0.1, 0.15) is 0 Å². The fraction of sp³-hybridized carbons (Fsp3) is 0.571. The van der Waals surface area contributed by atoms with Crippen LogP contribution < -0.4 is 15.2 Å². The van der Waals surface area contributed by atoms with E-state index in [2.05, 4.69) is 9.64 Å². The van der Waals surface area contributed by atoms with Crippen LogP contribution in [0.4, 0.5) is 8.78 Å². The predicted molar refractivity (Wildman–Crippen MR) is 79.4 cm³/mol. The molecule has 4 nitrogen and oxygen atoms in total. The molecule has 1 heterocycles. The second kappa shape index (κ2) is 8.36. The lowest BCUT2D eigenvalue weighted by molar-refractivity contribution is -0.0514. The smallest absolute Gasteiger partial charge is 0.387 e. The molecule has 0 aliphatic carbocycles. The van der Waals surface area contributed by atoms with Crippen molar-refractivity contribution >= 4 is 12.4 Å². The molecule has 1 atom stereocenters. The SMILES string of the molecule is CCOc1cc(CN2CCC(N)C2)ccc1OC(F)F.Cl. The number of hydrogen-bond acceptors (Lipinski definition) is 4. The third-order valence-electron chi connectivity index (χ3n) is 3.24. The molecule has 0 spiro atoms. The molecule has 1 saturated heterocycles. The molecule has 1 aliphatic heterocycles. The maximum atomic E-state index is 12.3. The zero-order chi connectivity index (χ0) is 14.5. The summed E-state index contributed by atoms with van der Waals surface area (Å²) in [6, 6.07) is 5.29. The lowest BCUT2D eigenvalue weighted by Crippen LogP contribution is -2.26. The summed E-state index contributed by atoms with van der Waals surface area (Å²) in [5.74, 6) is 0.428. The second-order valence-electron chi connectivity index (χ2n) is 4.88. The van der Waals surface area contributed by atoms with Crippen LogP contribution in [0.2, 0.25) is 0 Å². The first-order chi connectivity index (χ1) is 9.58. The summed E-state index contributed by atoms with van der Waals surface area (Å²) in [7, 11) is 0. The Morgan fingerprint density at radius 3 is 2.71 bits per heavy atom. The minimum Gasteiger partial charge on any atom is -0.490 e. The van der Waals surface area contributed by atoms with Gasteiger partial charge in [-0.2, -0.15) is 8.78 Å². The van der Waals surface area contributed by atoms with Crippen LogP contribution in [-0.4, -0.2) is 37.2 Å². The number of nitrogens with zero attached hydrogens (tertiary/aromatic N) is 1. The predicted octanol–water partition coefficient (Wildman–Crippen LogP) is 2.64. The first kappa shape index (κ1) is 17.9. The zero-order valence-electron chi connectivity index (χ0n) is 11.9. The van der Waals surface area contributed by atoms with Crippen molar-refractivity contribution in [3.63, 3.8) is 0 Å². The number of nitrogens with two attached hydrogens (primary N) is 1. The highest BCUT2D eigenvalue weighted by Gasteiger charge is 2.19. The highest BCUT2D eigenvalue weighted by atomic mass is 35.5. The Hall–Kier alpha value is -1.11. The van der Waals surface area contributed by atoms with Gasteiger partial charge in [-0.15, -0.1) is 12.4 Å². The first-order valence-corrected chi connectivity index (χ1v) is 6.77. The van der Waals surface area contributed by atoms with Crippen molar-refractivity contribution in [1.29, 1.82) is 0 Å². The summed E-state index contributed by atoms with van der Waals surface area (Å²) in [5.41, 5.74) is 6.87. The lowest BCUT2D eigenvalue weighted by Gasteiger charge is -2.17. The maximum absolute atomic E-state index is 12.3. The van der Waals surface area contributed by atoms with Gasteiger partial charge in [0.2, 0.25) is 0 Å². The van der Waals surface area contributed by atoms with E-state index in [1.165, 1.54) is 6.07 Å². The van der Waals surface area contributed by atoms with Gasteiger partial charge in [0.15, 0.2) is 11.5 Å². The number of ether oxygens (including phenoxy) is 2. The fourth-order valence-corrected chi connectivity index (χ4v) is 2.38. The number of hydrogen-bond donors (Lipinski definition) is 1. The third kappa shape index (κ3) is 5.30. The molecule has 0 amide bonds. The van der Waals surface area contributed by atoms with Crippen LogP contribution in [0, 0.1) is 0 Å². The van der Waals surface area contributed by atoms with Gasteiger partial charge in [0, 0.05) is 25.7 Å². The number of alkyl halides is 2. The van der Waals surface area contributed by atoms with Crippen LogP contribution in [0.5, 0.6) is 11.5 Å². The Kier molecular flexibility index (Phi) is 7.14. The summed E-state index contributed by atoms with van der Waals surface area (Å²) in [4.78, 5) is 2.24. The van der Waals surface area contributed by atoms with E-state index in [-0.39, 0.29) is 24.2 Å². The van der Waals surface area contributed by atoms with Gasteiger partial charge >= 0.3 is 6.61 Å². The molecule has 120 valence electrons. The molecule has 1 aliphatic rings. The van der Waals surface area contributed by atoms with Gasteiger partial charge in [0.25, 0.3) is 0 Å². The summed E-state index contributed by atoms with van der Waals surface area (Å²) < 4.78 is 34.4. The molecule has 7 heteroatoms. The molecule has 1 aromatic carbocycles. The Bertz CT molecular complexity index is 449. The van der Waals surface area contributed by atoms with Crippen molar-refractivity contribution in [2.24, 2.45) is 5.73 Å². The van der Waals surface area contributed by atoms with Gasteiger partial charge in [0.05, 0.1) is 6.61 Å². The van der Waals surface area contributed by atoms with Crippen LogP contribution in [0.3, 0.4) is 0 Å². The Morgan fingerprint density at radius 1 is 1.38 bits per heavy atom. The largest absolute Gasteiger partial charge is 0.490 e. The van der Waals surface area contributed by atoms with Crippen molar-refractivity contribution in [3.8, 4) is 11.5 Å². The summed E-state index contributed by atoms with van der Waals surface area (Å²) in [6.07, 6.45) is 0.991. The molecule has 2 N–H and O–H groups in total. The molecular formula is C14H21ClF2N2O2. The van der Waals surface area contributed by atoms with Gasteiger partial charge in [-0.05, 0) is 31.0 Å². The Morgan fingerprint density at radius 2 is 2.14 bits per heavy atom. The van der Waals surface area contributed by atoms with Crippen molar-refractivity contribution < 1.29 is 18.3 Å². The fourth-order valence-electron chi connectivity index (χ4n) is 2.38. The van der Waals surface area contributed by atoms with Crippen molar-refractivity contribution in [1.82, 2.24) is 4.90 Å². The molecule has 1 unspecified atom stereocenters. The highest BCUT2D eigenvalue weighted by Crippen LogP contribution is 2.30. The molecule has 1 fully saturated rings. The van der Waals surface area contributed by atoms with Crippen LogP contribution in [0.25, 0.3) is 0 Å². The Labute approximate surface area is 129 Å². The Balaban J connectivity index is 0.00000220. The second-order valence-corrected chi connectivity index (χ2v) is 4.88. The van der Waals surface area contributed by atoms with E-state index in [0.717, 1.165) is 31.6 Å². The highest BCUT2D eigenvalue weighted by molar-refractivity contribution is 5.85. The molecule has 21 heavy (non-hydrogen) atoms. The molecule has 1 aromatic rings. The van der Waals surface area contributed by atoms with E-state index >= 15 is 0 Å². The number of rotatable bonds is 6. The van der Waals surface area contributed by atoms with Gasteiger partial charge in [-0.1, -0.05) is 6.07 Å². The summed E-state index contributed by atoms with van der Waals surface area (Å²) in [6.45, 7) is 1.91. The van der Waals surface area contributed by atoms with E-state index < -0.39 is 6.61 Å². The molecule has 0 aromatic heterocycles. The average molecular weight is 323 g/mol. The summed E-state index contributed by atoms with van der Waals surface area (Å²) in [5, 5.41) is 0. The molecule has 0 radical (unpaired) electrons. The molecule has 2 rings (SSSR count). The van der Waals surface area contributed by atoms with Crippen molar-refractivity contribution in [2.45, 2.75) is 32.5 Å². The van der Waals surface area contributed by atoms with Crippen molar-refractivity contribution in [2.75, 3.05) is 19.7 Å². The minimum atomic E-state index is -2.85. The van der Waals surface area contributed by atoms with Crippen LogP contribution in [-0.2, 0) is 6.54 Å². The normalized spacial score (nSPS) is 18.6. The quantitative estimate of drug-likeness (QED) is 0.874. The minimum absolute atomic E-state index is 0. The van der Waals surface area contributed by atoms with E-state index in [9.17, 15) is 8.78 Å². The zero-order valence-corrected chi connectivity index (χ0v) is 12.7.